The third-order valence-electron chi connectivity index (χ3n) is 0.322. The van der Waals surface area contributed by atoms with E-state index in [2.05, 4.69) is 28.8 Å². The minimum absolute atomic E-state index is 1.71. The van der Waals surface area contributed by atoms with E-state index in [1.807, 2.05) is 0 Å². The van der Waals surface area contributed by atoms with E-state index in [0.717, 1.165) is 0 Å². The van der Waals surface area contributed by atoms with Crippen LogP contribution in [-0.4, -0.2) is 7.05 Å². The van der Waals surface area contributed by atoms with E-state index in [1.165, 1.54) is 0 Å². The fourth-order valence-corrected chi connectivity index (χ4v) is 0.130. The van der Waals surface area contributed by atoms with E-state index in [0.29, 0.717) is 0 Å². The molecule has 0 aromatic heterocycles. The fraction of sp³-hybridized carbons (Fsp3) is 0.200. The van der Waals surface area contributed by atoms with E-state index in [4.69, 9.17) is 6.42 Å². The minimum atomic E-state index is 1.71. The van der Waals surface area contributed by atoms with Gasteiger partial charge in [-0.1, -0.05) is 6.42 Å². The Balaban J connectivity index is 3.12. The van der Waals surface area contributed by atoms with Crippen LogP contribution in [0.2, 0.25) is 0 Å². The van der Waals surface area contributed by atoms with Crippen LogP contribution >= 0.6 is 0 Å². The number of rotatable bonds is 0. The molecular weight excluding hydrogens is 88.1 g/mol. The molecule has 2 N–H and O–H groups in total. The molecule has 0 aromatic carbocycles. The Morgan fingerprint density at radius 3 is 2.57 bits per heavy atom. The van der Waals surface area contributed by atoms with Crippen LogP contribution in [0.5, 0.6) is 0 Å². The molecule has 0 atom stereocenters. The lowest BCUT2D eigenvalue weighted by Gasteiger charge is -1.75. The van der Waals surface area contributed by atoms with Gasteiger partial charge in [-0.15, -0.1) is 0 Å². The van der Waals surface area contributed by atoms with Crippen molar-refractivity contribution in [2.24, 2.45) is 0 Å². The molecule has 0 rings (SSSR count). The van der Waals surface area contributed by atoms with Gasteiger partial charge in [-0.2, -0.15) is 0 Å². The molecule has 2 nitrogen and oxygen atoms in total. The molecule has 0 spiro atoms. The zero-order valence-electron chi connectivity index (χ0n) is 4.08. The van der Waals surface area contributed by atoms with Crippen molar-refractivity contribution in [3.8, 4) is 24.6 Å². The molecule has 0 amide bonds. The van der Waals surface area contributed by atoms with Crippen LogP contribution in [-0.2, 0) is 0 Å². The predicted octanol–water partition coefficient (Wildman–Crippen LogP) is -0.696. The van der Waals surface area contributed by atoms with Gasteiger partial charge in [-0.3, -0.25) is 5.32 Å². The summed E-state index contributed by atoms with van der Waals surface area (Å²) in [6.45, 7) is 0. The topological polar surface area (TPSA) is 24.1 Å². The third-order valence-corrected chi connectivity index (χ3v) is 0.322. The molecule has 0 saturated heterocycles. The van der Waals surface area contributed by atoms with Crippen LogP contribution in [0.25, 0.3) is 0 Å². The number of nitrogens with one attached hydrogen (secondary N) is 2. The number of hydrogen-bond acceptors (Lipinski definition) is 2. The van der Waals surface area contributed by atoms with Gasteiger partial charge in [0.2, 0.25) is 0 Å². The van der Waals surface area contributed by atoms with Crippen molar-refractivity contribution in [3.05, 3.63) is 0 Å². The molecule has 7 heavy (non-hydrogen) atoms. The van der Waals surface area contributed by atoms with E-state index in [9.17, 15) is 0 Å². The maximum Gasteiger partial charge on any atom is 0.0404 e. The Hall–Kier alpha value is -1.28. The van der Waals surface area contributed by atoms with Crippen LogP contribution < -0.4 is 10.6 Å². The van der Waals surface area contributed by atoms with Gasteiger partial charge < -0.3 is 5.32 Å². The van der Waals surface area contributed by atoms with E-state index in [1.54, 1.807) is 7.05 Å². The number of hydrogen-bond donors (Lipinski definition) is 2. The Morgan fingerprint density at radius 2 is 2.14 bits per heavy atom. The molecule has 36 valence electrons. The molecule has 0 aliphatic heterocycles. The summed E-state index contributed by atoms with van der Waals surface area (Å²) in [6.07, 6.45) is 4.78. The van der Waals surface area contributed by atoms with E-state index < -0.39 is 0 Å². The molecule has 0 aliphatic carbocycles. The second-order valence-corrected chi connectivity index (χ2v) is 0.769. The molecule has 0 radical (unpaired) electrons. The maximum absolute atomic E-state index is 4.78. The molecule has 0 aromatic rings. The van der Waals surface area contributed by atoms with Gasteiger partial charge in [0.15, 0.2) is 0 Å². The second kappa shape index (κ2) is 4.72. The summed E-state index contributed by atoms with van der Waals surface area (Å²) >= 11 is 0. The highest BCUT2D eigenvalue weighted by Crippen LogP contribution is 1.36. The molecule has 2 heteroatoms. The Labute approximate surface area is 43.3 Å². The van der Waals surface area contributed by atoms with Gasteiger partial charge in [-0.05, 0) is 0 Å². The fourth-order valence-electron chi connectivity index (χ4n) is 0.130. The van der Waals surface area contributed by atoms with Gasteiger partial charge in [0.1, 0.15) is 0 Å². The van der Waals surface area contributed by atoms with Gasteiger partial charge in [-0.25, -0.2) is 0 Å². The SMILES string of the molecule is C#CNC#CNC. The minimum Gasteiger partial charge on any atom is -0.347 e. The maximum atomic E-state index is 4.78. The zero-order chi connectivity index (χ0) is 5.54. The van der Waals surface area contributed by atoms with Crippen LogP contribution in [0.1, 0.15) is 0 Å². The summed E-state index contributed by atoms with van der Waals surface area (Å²) in [5.74, 6) is 0. The first kappa shape index (κ1) is 5.72. The van der Waals surface area contributed by atoms with Crippen LogP contribution in [0.3, 0.4) is 0 Å². The van der Waals surface area contributed by atoms with Crippen molar-refractivity contribution >= 4 is 0 Å². The van der Waals surface area contributed by atoms with Crippen molar-refractivity contribution in [2.45, 2.75) is 0 Å². The van der Waals surface area contributed by atoms with Crippen LogP contribution in [0.4, 0.5) is 0 Å². The van der Waals surface area contributed by atoms with Crippen molar-refractivity contribution < 1.29 is 0 Å². The molecular formula is C5H6N2. The zero-order valence-corrected chi connectivity index (χ0v) is 4.08. The average molecular weight is 94.1 g/mol. The second-order valence-electron chi connectivity index (χ2n) is 0.769. The highest BCUT2D eigenvalue weighted by Gasteiger charge is 1.52. The first-order chi connectivity index (χ1) is 3.41. The first-order valence-corrected chi connectivity index (χ1v) is 1.79. The molecule has 0 aliphatic rings. The standard InChI is InChI=1S/C5H6N2/c1-3-7-5-4-6-2/h1,6-7H,2H3. The van der Waals surface area contributed by atoms with Gasteiger partial charge in [0, 0.05) is 25.2 Å². The number of terminal acetylenes is 1. The van der Waals surface area contributed by atoms with Crippen molar-refractivity contribution in [3.63, 3.8) is 0 Å². The summed E-state index contributed by atoms with van der Waals surface area (Å²) in [4.78, 5) is 0. The average Bonchev–Trinajstić information content (AvgIpc) is 1.69. The van der Waals surface area contributed by atoms with E-state index >= 15 is 0 Å². The van der Waals surface area contributed by atoms with Crippen LogP contribution in [0.15, 0.2) is 0 Å². The summed E-state index contributed by atoms with van der Waals surface area (Å²) in [7, 11) is 1.71. The highest BCUT2D eigenvalue weighted by atomic mass is 14.8. The predicted molar refractivity (Wildman–Crippen MR) is 28.8 cm³/mol. The van der Waals surface area contributed by atoms with Crippen molar-refractivity contribution in [1.82, 2.24) is 10.6 Å². The Bertz CT molecular complexity index is 121. The van der Waals surface area contributed by atoms with Crippen molar-refractivity contribution in [2.75, 3.05) is 7.05 Å². The molecule has 0 bridgehead atoms. The van der Waals surface area contributed by atoms with Gasteiger partial charge in [0.05, 0.1) is 0 Å². The molecule has 0 heterocycles. The van der Waals surface area contributed by atoms with Gasteiger partial charge >= 0.3 is 0 Å². The third kappa shape index (κ3) is 4.72. The lowest BCUT2D eigenvalue weighted by molar-refractivity contribution is 1.15. The summed E-state index contributed by atoms with van der Waals surface area (Å²) in [5.41, 5.74) is 0. The monoisotopic (exact) mass is 94.1 g/mol. The normalized spacial score (nSPS) is 4.57. The Kier molecular flexibility index (Phi) is 3.86. The van der Waals surface area contributed by atoms with Crippen LogP contribution in [0, 0.1) is 24.6 Å². The van der Waals surface area contributed by atoms with Crippen molar-refractivity contribution in [1.29, 1.82) is 0 Å². The lowest BCUT2D eigenvalue weighted by atomic mass is 10.9. The Morgan fingerprint density at radius 1 is 1.43 bits per heavy atom. The quantitative estimate of drug-likeness (QED) is 0.306. The first-order valence-electron chi connectivity index (χ1n) is 1.79. The van der Waals surface area contributed by atoms with E-state index in [-0.39, 0.29) is 0 Å². The molecule has 0 fully saturated rings. The largest absolute Gasteiger partial charge is 0.347 e. The van der Waals surface area contributed by atoms with Gasteiger partial charge in [0.25, 0.3) is 0 Å². The summed E-state index contributed by atoms with van der Waals surface area (Å²) in [5, 5.41) is 4.94. The molecule has 0 saturated carbocycles. The molecule has 0 unspecified atom stereocenters. The highest BCUT2D eigenvalue weighted by molar-refractivity contribution is 5.00. The summed E-state index contributed by atoms with van der Waals surface area (Å²) < 4.78 is 0. The summed E-state index contributed by atoms with van der Waals surface area (Å²) in [6, 6.07) is 7.07. The smallest absolute Gasteiger partial charge is 0.0404 e. The lowest BCUT2D eigenvalue weighted by Crippen LogP contribution is -1.98.